The van der Waals surface area contributed by atoms with Crippen LogP contribution in [0, 0.1) is 0 Å². The van der Waals surface area contributed by atoms with Crippen LogP contribution in [0.3, 0.4) is 0 Å². The molecule has 1 amide bonds. The maximum Gasteiger partial charge on any atom is 0.416 e. The van der Waals surface area contributed by atoms with E-state index in [1.165, 1.54) is 18.2 Å². The summed E-state index contributed by atoms with van der Waals surface area (Å²) in [5.74, 6) is -0.258. The summed E-state index contributed by atoms with van der Waals surface area (Å²) in [5.41, 5.74) is -0.117. The van der Waals surface area contributed by atoms with Crippen LogP contribution in [0.2, 0.25) is 0 Å². The van der Waals surface area contributed by atoms with Crippen molar-refractivity contribution in [1.29, 1.82) is 0 Å². The maximum atomic E-state index is 12.6. The second kappa shape index (κ2) is 7.82. The van der Waals surface area contributed by atoms with Gasteiger partial charge in [-0.05, 0) is 31.3 Å². The highest BCUT2D eigenvalue weighted by Gasteiger charge is 2.30. The van der Waals surface area contributed by atoms with Gasteiger partial charge in [-0.15, -0.1) is 0 Å². The molecule has 24 heavy (non-hydrogen) atoms. The largest absolute Gasteiger partial charge is 0.487 e. The highest BCUT2D eigenvalue weighted by molar-refractivity contribution is 5.92. The van der Waals surface area contributed by atoms with E-state index in [0.29, 0.717) is 18.8 Å². The number of amides is 1. The lowest BCUT2D eigenvalue weighted by molar-refractivity contribution is -0.137. The van der Waals surface area contributed by atoms with Gasteiger partial charge >= 0.3 is 6.18 Å². The Labute approximate surface area is 136 Å². The van der Waals surface area contributed by atoms with Gasteiger partial charge in [0.1, 0.15) is 18.1 Å². The molecule has 1 heterocycles. The lowest BCUT2D eigenvalue weighted by atomic mass is 10.2. The molecule has 1 aromatic heterocycles. The van der Waals surface area contributed by atoms with Gasteiger partial charge in [0.2, 0.25) is 0 Å². The fraction of sp³-hybridized carbons (Fsp3) is 0.333. The van der Waals surface area contributed by atoms with E-state index in [1.54, 1.807) is 7.05 Å². The zero-order valence-corrected chi connectivity index (χ0v) is 12.9. The minimum Gasteiger partial charge on any atom is -0.487 e. The van der Waals surface area contributed by atoms with E-state index in [1.807, 2.05) is 0 Å². The van der Waals surface area contributed by atoms with Gasteiger partial charge in [-0.1, -0.05) is 6.07 Å². The van der Waals surface area contributed by atoms with Gasteiger partial charge in [0, 0.05) is 13.1 Å². The number of ether oxygens (including phenoxy) is 1. The van der Waals surface area contributed by atoms with Crippen LogP contribution < -0.4 is 15.4 Å². The monoisotopic (exact) mass is 342 g/mol. The number of aromatic amines is 1. The van der Waals surface area contributed by atoms with Gasteiger partial charge < -0.3 is 15.4 Å². The molecule has 0 fully saturated rings. The molecule has 3 N–H and O–H groups in total. The number of carbonyl (C=O) groups is 1. The molecule has 0 atom stereocenters. The molecule has 0 saturated heterocycles. The summed E-state index contributed by atoms with van der Waals surface area (Å²) >= 11 is 0. The lowest BCUT2D eigenvalue weighted by Gasteiger charge is -2.09. The van der Waals surface area contributed by atoms with Crippen molar-refractivity contribution in [2.24, 2.45) is 0 Å². The molecule has 2 rings (SSSR count). The minimum atomic E-state index is -4.42. The van der Waals surface area contributed by atoms with Crippen molar-refractivity contribution in [2.75, 3.05) is 20.1 Å². The molecule has 0 aliphatic rings. The molecule has 9 heteroatoms. The quantitative estimate of drug-likeness (QED) is 0.672. The Kier molecular flexibility index (Phi) is 5.80. The van der Waals surface area contributed by atoms with Gasteiger partial charge in [0.15, 0.2) is 0 Å². The van der Waals surface area contributed by atoms with Gasteiger partial charge in [-0.3, -0.25) is 9.89 Å². The Morgan fingerprint density at radius 2 is 2.08 bits per heavy atom. The molecule has 6 nitrogen and oxygen atoms in total. The van der Waals surface area contributed by atoms with E-state index in [-0.39, 0.29) is 24.0 Å². The average Bonchev–Trinajstić information content (AvgIpc) is 3.02. The number of nitrogens with one attached hydrogen (secondary N) is 3. The average molecular weight is 342 g/mol. The number of alkyl halides is 3. The molecule has 130 valence electrons. The zero-order valence-electron chi connectivity index (χ0n) is 12.9. The Morgan fingerprint density at radius 3 is 2.79 bits per heavy atom. The highest BCUT2D eigenvalue weighted by atomic mass is 19.4. The lowest BCUT2D eigenvalue weighted by Crippen LogP contribution is -2.30. The van der Waals surface area contributed by atoms with Gasteiger partial charge in [0.25, 0.3) is 5.91 Å². The minimum absolute atomic E-state index is 0.0297. The van der Waals surface area contributed by atoms with Crippen LogP contribution in [0.4, 0.5) is 13.2 Å². The fourth-order valence-electron chi connectivity index (χ4n) is 1.87. The number of carbonyl (C=O) groups excluding carboxylic acids is 1. The van der Waals surface area contributed by atoms with E-state index < -0.39 is 11.7 Å². The summed E-state index contributed by atoms with van der Waals surface area (Å²) in [6, 6.07) is 6.07. The number of aromatic nitrogens is 2. The normalized spacial score (nSPS) is 11.3. The second-order valence-corrected chi connectivity index (χ2v) is 4.95. The van der Waals surface area contributed by atoms with Crippen molar-refractivity contribution in [1.82, 2.24) is 20.8 Å². The third kappa shape index (κ3) is 4.98. The van der Waals surface area contributed by atoms with Crippen LogP contribution in [-0.2, 0) is 12.8 Å². The van der Waals surface area contributed by atoms with E-state index in [0.717, 1.165) is 12.1 Å². The highest BCUT2D eigenvalue weighted by Crippen LogP contribution is 2.31. The summed E-state index contributed by atoms with van der Waals surface area (Å²) in [6.45, 7) is 1.05. The number of likely N-dealkylation sites (N-methyl/N-ethyl adjacent to an activating group) is 1. The topological polar surface area (TPSA) is 79.0 Å². The Bertz CT molecular complexity index is 685. The molecule has 0 bridgehead atoms. The van der Waals surface area contributed by atoms with Crippen molar-refractivity contribution in [2.45, 2.75) is 12.8 Å². The van der Waals surface area contributed by atoms with Gasteiger partial charge in [-0.25, -0.2) is 0 Å². The van der Waals surface area contributed by atoms with Crippen LogP contribution >= 0.6 is 0 Å². The molecule has 0 aliphatic heterocycles. The van der Waals surface area contributed by atoms with E-state index >= 15 is 0 Å². The second-order valence-electron chi connectivity index (χ2n) is 4.95. The smallest absolute Gasteiger partial charge is 0.416 e. The van der Waals surface area contributed by atoms with E-state index in [2.05, 4.69) is 20.8 Å². The maximum absolute atomic E-state index is 12.6. The molecule has 0 radical (unpaired) electrons. The van der Waals surface area contributed by atoms with Crippen LogP contribution in [0.1, 0.15) is 21.7 Å². The summed E-state index contributed by atoms with van der Waals surface area (Å²) in [6.07, 6.45) is -4.42. The molecule has 1 aromatic carbocycles. The van der Waals surface area contributed by atoms with Crippen LogP contribution in [0.5, 0.6) is 5.75 Å². The predicted octanol–water partition coefficient (Wildman–Crippen LogP) is 1.96. The van der Waals surface area contributed by atoms with E-state index in [4.69, 9.17) is 4.74 Å². The number of H-pyrrole nitrogens is 1. The predicted molar refractivity (Wildman–Crippen MR) is 80.6 cm³/mol. The van der Waals surface area contributed by atoms with E-state index in [9.17, 15) is 18.0 Å². The van der Waals surface area contributed by atoms with Crippen LogP contribution in [-0.4, -0.2) is 36.2 Å². The summed E-state index contributed by atoms with van der Waals surface area (Å²) in [4.78, 5) is 11.8. The number of hydrogen-bond acceptors (Lipinski definition) is 4. The van der Waals surface area contributed by atoms with Crippen LogP contribution in [0.15, 0.2) is 30.3 Å². The third-order valence-corrected chi connectivity index (χ3v) is 3.08. The zero-order chi connectivity index (χ0) is 17.6. The van der Waals surface area contributed by atoms with Gasteiger partial charge in [0.05, 0.1) is 11.3 Å². The number of rotatable bonds is 7. The molecule has 0 unspecified atom stereocenters. The Balaban J connectivity index is 1.92. The molecular weight excluding hydrogens is 325 g/mol. The summed E-state index contributed by atoms with van der Waals surface area (Å²) in [7, 11) is 1.77. The number of hydrogen-bond donors (Lipinski definition) is 3. The molecule has 0 saturated carbocycles. The Morgan fingerprint density at radius 1 is 1.29 bits per heavy atom. The summed E-state index contributed by atoms with van der Waals surface area (Å²) in [5, 5.41) is 12.0. The SMILES string of the molecule is CNCCNC(=O)c1cc(COc2cccc(C(F)(F)F)c2)[nH]n1. The third-order valence-electron chi connectivity index (χ3n) is 3.08. The van der Waals surface area contributed by atoms with Crippen LogP contribution in [0.25, 0.3) is 0 Å². The number of benzene rings is 1. The fourth-order valence-corrected chi connectivity index (χ4v) is 1.87. The summed E-state index contributed by atoms with van der Waals surface area (Å²) < 4.78 is 43.2. The first-order valence-electron chi connectivity index (χ1n) is 7.17. The van der Waals surface area contributed by atoms with Crippen molar-refractivity contribution in [3.8, 4) is 5.75 Å². The molecule has 0 spiro atoms. The number of nitrogens with zero attached hydrogens (tertiary/aromatic N) is 1. The number of halogens is 3. The Hall–Kier alpha value is -2.55. The van der Waals surface area contributed by atoms with Gasteiger partial charge in [-0.2, -0.15) is 18.3 Å². The first kappa shape index (κ1) is 17.8. The van der Waals surface area contributed by atoms with Crippen molar-refractivity contribution in [3.63, 3.8) is 0 Å². The first-order chi connectivity index (χ1) is 11.4. The standard InChI is InChI=1S/C15H17F3N4O2/c1-19-5-6-20-14(23)13-8-11(21-22-13)9-24-12-4-2-3-10(7-12)15(16,17)18/h2-4,7-8,19H,5-6,9H2,1H3,(H,20,23)(H,21,22). The first-order valence-corrected chi connectivity index (χ1v) is 7.17. The van der Waals surface area contributed by atoms with Crippen molar-refractivity contribution >= 4 is 5.91 Å². The molecule has 2 aromatic rings. The van der Waals surface area contributed by atoms with Crippen molar-refractivity contribution < 1.29 is 22.7 Å². The molecule has 0 aliphatic carbocycles. The van der Waals surface area contributed by atoms with Crippen molar-refractivity contribution in [3.05, 3.63) is 47.3 Å². The molecular formula is C15H17F3N4O2.